The van der Waals surface area contributed by atoms with E-state index in [9.17, 15) is 14.0 Å². The number of halogens is 1. The van der Waals surface area contributed by atoms with Crippen LogP contribution in [0.5, 0.6) is 0 Å². The maximum atomic E-state index is 13.4. The van der Waals surface area contributed by atoms with Crippen LogP contribution in [0.4, 0.5) is 4.39 Å². The van der Waals surface area contributed by atoms with Crippen molar-refractivity contribution in [3.63, 3.8) is 0 Å². The Morgan fingerprint density at radius 1 is 1.38 bits per heavy atom. The van der Waals surface area contributed by atoms with Crippen molar-refractivity contribution in [3.05, 3.63) is 57.3 Å². The largest absolute Gasteiger partial charge is 0.476 e. The SMILES string of the molecule is Cc1ccc(F)cc1-n1cc(C(C)C)c(=O)c(C(=O)O)n1. The first kappa shape index (κ1) is 14.9. The second-order valence-electron chi connectivity index (χ2n) is 5.10. The molecule has 6 heteroatoms. The normalized spacial score (nSPS) is 10.9. The third-order valence-electron chi connectivity index (χ3n) is 3.19. The van der Waals surface area contributed by atoms with Crippen molar-refractivity contribution >= 4 is 5.97 Å². The van der Waals surface area contributed by atoms with Gasteiger partial charge in [-0.15, -0.1) is 0 Å². The third kappa shape index (κ3) is 2.84. The van der Waals surface area contributed by atoms with Crippen LogP contribution in [-0.2, 0) is 0 Å². The Balaban J connectivity index is 2.78. The maximum absolute atomic E-state index is 13.4. The highest BCUT2D eigenvalue weighted by atomic mass is 19.1. The molecule has 1 aromatic heterocycles. The van der Waals surface area contributed by atoms with Gasteiger partial charge in [0, 0.05) is 11.8 Å². The van der Waals surface area contributed by atoms with Gasteiger partial charge in [-0.2, -0.15) is 5.10 Å². The minimum absolute atomic E-state index is 0.168. The Morgan fingerprint density at radius 3 is 2.62 bits per heavy atom. The van der Waals surface area contributed by atoms with E-state index in [1.54, 1.807) is 26.8 Å². The van der Waals surface area contributed by atoms with Gasteiger partial charge in [0.05, 0.1) is 5.69 Å². The second kappa shape index (κ2) is 5.47. The fraction of sp³-hybridized carbons (Fsp3) is 0.267. The smallest absolute Gasteiger partial charge is 0.360 e. The van der Waals surface area contributed by atoms with Gasteiger partial charge in [-0.25, -0.2) is 13.9 Å². The zero-order valence-corrected chi connectivity index (χ0v) is 11.9. The standard InChI is InChI=1S/C15H15FN2O3/c1-8(2)11-7-18(17-13(14(11)19)15(20)21)12-6-10(16)5-4-9(12)3/h4-8H,1-3H3,(H,20,21). The molecule has 2 aromatic rings. The summed E-state index contributed by atoms with van der Waals surface area (Å²) in [6.45, 7) is 5.32. The topological polar surface area (TPSA) is 72.2 Å². The molecular weight excluding hydrogens is 275 g/mol. The first-order valence-electron chi connectivity index (χ1n) is 6.45. The van der Waals surface area contributed by atoms with Gasteiger partial charge in [0.2, 0.25) is 11.1 Å². The summed E-state index contributed by atoms with van der Waals surface area (Å²) in [7, 11) is 0. The summed E-state index contributed by atoms with van der Waals surface area (Å²) < 4.78 is 14.7. The summed E-state index contributed by atoms with van der Waals surface area (Å²) in [4.78, 5) is 23.2. The number of hydrogen-bond acceptors (Lipinski definition) is 3. The summed E-state index contributed by atoms with van der Waals surface area (Å²) in [5.41, 5.74) is 0.275. The molecule has 0 unspecified atom stereocenters. The lowest BCUT2D eigenvalue weighted by Crippen LogP contribution is -2.25. The van der Waals surface area contributed by atoms with E-state index in [4.69, 9.17) is 5.11 Å². The van der Waals surface area contributed by atoms with Gasteiger partial charge in [-0.3, -0.25) is 4.79 Å². The number of aryl methyl sites for hydroxylation is 1. The van der Waals surface area contributed by atoms with Crippen LogP contribution in [0, 0.1) is 12.7 Å². The van der Waals surface area contributed by atoms with Crippen LogP contribution in [0.2, 0.25) is 0 Å². The Hall–Kier alpha value is -2.50. The molecule has 0 aliphatic rings. The molecule has 1 N–H and O–H groups in total. The molecule has 0 aliphatic heterocycles. The van der Waals surface area contributed by atoms with Gasteiger partial charge in [0.25, 0.3) is 0 Å². The van der Waals surface area contributed by atoms with Crippen LogP contribution in [0.15, 0.2) is 29.2 Å². The molecule has 2 rings (SSSR count). The number of rotatable bonds is 3. The number of nitrogens with zero attached hydrogens (tertiary/aromatic N) is 2. The summed E-state index contributed by atoms with van der Waals surface area (Å²) in [6, 6.07) is 4.13. The first-order chi connectivity index (χ1) is 9.81. The van der Waals surface area contributed by atoms with E-state index in [2.05, 4.69) is 5.10 Å². The second-order valence-corrected chi connectivity index (χ2v) is 5.10. The molecule has 0 saturated heterocycles. The number of hydrogen-bond donors (Lipinski definition) is 1. The summed E-state index contributed by atoms with van der Waals surface area (Å²) in [5, 5.41) is 12.9. The van der Waals surface area contributed by atoms with Crippen LogP contribution < -0.4 is 5.43 Å². The molecule has 110 valence electrons. The van der Waals surface area contributed by atoms with Crippen LogP contribution in [0.25, 0.3) is 5.69 Å². The van der Waals surface area contributed by atoms with Gasteiger partial charge < -0.3 is 5.11 Å². The van der Waals surface area contributed by atoms with E-state index in [0.29, 0.717) is 11.3 Å². The minimum atomic E-state index is -1.40. The molecular formula is C15H15FN2O3. The number of aromatic nitrogens is 2. The Kier molecular flexibility index (Phi) is 3.88. The lowest BCUT2D eigenvalue weighted by molar-refractivity contribution is 0.0686. The monoisotopic (exact) mass is 290 g/mol. The fourth-order valence-electron chi connectivity index (χ4n) is 2.01. The summed E-state index contributed by atoms with van der Waals surface area (Å²) in [6.07, 6.45) is 1.46. The van der Waals surface area contributed by atoms with E-state index < -0.39 is 22.9 Å². The zero-order chi connectivity index (χ0) is 15.7. The summed E-state index contributed by atoms with van der Waals surface area (Å²) >= 11 is 0. The molecule has 0 aliphatic carbocycles. The van der Waals surface area contributed by atoms with E-state index in [1.807, 2.05) is 0 Å². The van der Waals surface area contributed by atoms with Crippen molar-refractivity contribution in [2.45, 2.75) is 26.7 Å². The number of carbonyl (C=O) groups is 1. The molecule has 1 aromatic carbocycles. The average Bonchev–Trinajstić information content (AvgIpc) is 2.41. The number of carboxylic acids is 1. The lowest BCUT2D eigenvalue weighted by Gasteiger charge is -2.13. The Labute approximate surface area is 120 Å². The number of benzene rings is 1. The van der Waals surface area contributed by atoms with E-state index >= 15 is 0 Å². The molecule has 21 heavy (non-hydrogen) atoms. The van der Waals surface area contributed by atoms with Crippen molar-refractivity contribution in [2.24, 2.45) is 0 Å². The molecule has 0 radical (unpaired) electrons. The highest BCUT2D eigenvalue weighted by Gasteiger charge is 2.18. The highest BCUT2D eigenvalue weighted by Crippen LogP contribution is 2.17. The van der Waals surface area contributed by atoms with E-state index in [-0.39, 0.29) is 5.92 Å². The van der Waals surface area contributed by atoms with Crippen molar-refractivity contribution in [2.75, 3.05) is 0 Å². The Morgan fingerprint density at radius 2 is 2.05 bits per heavy atom. The zero-order valence-electron chi connectivity index (χ0n) is 11.9. The van der Waals surface area contributed by atoms with E-state index in [1.165, 1.54) is 23.0 Å². The first-order valence-corrected chi connectivity index (χ1v) is 6.45. The molecule has 0 saturated carbocycles. The lowest BCUT2D eigenvalue weighted by atomic mass is 10.0. The highest BCUT2D eigenvalue weighted by molar-refractivity contribution is 5.85. The van der Waals surface area contributed by atoms with Crippen LogP contribution in [0.3, 0.4) is 0 Å². The molecule has 0 spiro atoms. The minimum Gasteiger partial charge on any atom is -0.476 e. The number of carboxylic acid groups (broad SMARTS) is 1. The molecule has 0 amide bonds. The van der Waals surface area contributed by atoms with Crippen molar-refractivity contribution < 1.29 is 14.3 Å². The van der Waals surface area contributed by atoms with Crippen LogP contribution >= 0.6 is 0 Å². The van der Waals surface area contributed by atoms with Crippen molar-refractivity contribution in [1.82, 2.24) is 9.78 Å². The molecule has 0 bridgehead atoms. The van der Waals surface area contributed by atoms with Gasteiger partial charge in [-0.1, -0.05) is 19.9 Å². The van der Waals surface area contributed by atoms with Crippen LogP contribution in [0.1, 0.15) is 41.4 Å². The predicted octanol–water partition coefficient (Wildman–Crippen LogP) is 2.50. The van der Waals surface area contributed by atoms with Crippen LogP contribution in [-0.4, -0.2) is 20.9 Å². The summed E-state index contributed by atoms with van der Waals surface area (Å²) in [5.74, 6) is -2.02. The molecule has 1 heterocycles. The Bertz CT molecular complexity index is 766. The number of aromatic carboxylic acids is 1. The molecule has 0 fully saturated rings. The van der Waals surface area contributed by atoms with Gasteiger partial charge in [0.15, 0.2) is 0 Å². The van der Waals surface area contributed by atoms with E-state index in [0.717, 1.165) is 5.56 Å². The van der Waals surface area contributed by atoms with Gasteiger partial charge >= 0.3 is 5.97 Å². The van der Waals surface area contributed by atoms with Gasteiger partial charge in [0.1, 0.15) is 5.82 Å². The van der Waals surface area contributed by atoms with Crippen molar-refractivity contribution in [1.29, 1.82) is 0 Å². The average molecular weight is 290 g/mol. The fourth-order valence-corrected chi connectivity index (χ4v) is 2.01. The molecule has 0 atom stereocenters. The predicted molar refractivity (Wildman–Crippen MR) is 75.6 cm³/mol. The molecule has 5 nitrogen and oxygen atoms in total. The van der Waals surface area contributed by atoms with Gasteiger partial charge in [-0.05, 0) is 30.5 Å². The maximum Gasteiger partial charge on any atom is 0.360 e. The third-order valence-corrected chi connectivity index (χ3v) is 3.19. The quantitative estimate of drug-likeness (QED) is 0.942. The van der Waals surface area contributed by atoms with Crippen molar-refractivity contribution in [3.8, 4) is 5.69 Å².